The van der Waals surface area contributed by atoms with Gasteiger partial charge in [0.25, 0.3) is 0 Å². The third kappa shape index (κ3) is 5.60. The highest BCUT2D eigenvalue weighted by Crippen LogP contribution is 2.63. The molecule has 3 heteroatoms. The molecule has 3 aliphatic rings. The predicted octanol–water partition coefficient (Wildman–Crippen LogP) is 9.41. The molecule has 0 N–H and O–H groups in total. The van der Waals surface area contributed by atoms with E-state index in [2.05, 4.69) is 141 Å². The Labute approximate surface area is 253 Å². The highest BCUT2D eigenvalue weighted by molar-refractivity contribution is 7.87. The molecule has 5 unspecified atom stereocenters. The van der Waals surface area contributed by atoms with Crippen molar-refractivity contribution in [2.45, 2.75) is 63.2 Å². The predicted molar refractivity (Wildman–Crippen MR) is 187 cm³/mol. The van der Waals surface area contributed by atoms with Gasteiger partial charge in [0.05, 0.1) is 0 Å². The maximum Gasteiger partial charge on any atom is 0.149 e. The number of benzene rings is 3. The van der Waals surface area contributed by atoms with Crippen molar-refractivity contribution in [3.8, 4) is 0 Å². The minimum atomic E-state index is -2.78. The molecular weight excluding hydrogens is 546 g/mol. The van der Waals surface area contributed by atoms with Crippen molar-refractivity contribution in [3.05, 3.63) is 138 Å². The summed E-state index contributed by atoms with van der Waals surface area (Å²) in [4.78, 5) is 0. The molecule has 0 aliphatic heterocycles. The number of allylic oxidation sites excluding steroid dienone is 8. The van der Waals surface area contributed by atoms with Crippen molar-refractivity contribution in [2.24, 2.45) is 11.8 Å². The summed E-state index contributed by atoms with van der Waals surface area (Å²) >= 11 is 0. The number of hydrogen-bond acceptors (Lipinski definition) is 1. The van der Waals surface area contributed by atoms with Crippen LogP contribution in [0.5, 0.6) is 0 Å². The van der Waals surface area contributed by atoms with E-state index in [1.165, 1.54) is 22.6 Å². The second-order valence-corrected chi connectivity index (χ2v) is 19.0. The van der Waals surface area contributed by atoms with E-state index in [9.17, 15) is 4.57 Å². The fourth-order valence-electron chi connectivity index (χ4n) is 7.06. The van der Waals surface area contributed by atoms with E-state index < -0.39 is 14.0 Å². The first-order valence-electron chi connectivity index (χ1n) is 15.7. The molecular formula is C39H44OP2. The summed E-state index contributed by atoms with van der Waals surface area (Å²) in [6.45, 7) is 2.88. The van der Waals surface area contributed by atoms with Gasteiger partial charge < -0.3 is 4.57 Å². The second kappa shape index (κ2) is 12.4. The van der Waals surface area contributed by atoms with E-state index in [-0.39, 0.29) is 5.66 Å². The van der Waals surface area contributed by atoms with Crippen LogP contribution in [0.4, 0.5) is 0 Å². The van der Waals surface area contributed by atoms with E-state index >= 15 is 0 Å². The summed E-state index contributed by atoms with van der Waals surface area (Å²) in [5.41, 5.74) is 1.89. The smallest absolute Gasteiger partial charge is 0.149 e. The zero-order valence-electron chi connectivity index (χ0n) is 25.1. The number of fused-ring (bicyclic) bond motifs is 1. The number of hydrogen-bond donors (Lipinski definition) is 0. The Bertz CT molecular complexity index is 1550. The van der Waals surface area contributed by atoms with Gasteiger partial charge in [0.1, 0.15) is 7.14 Å². The third-order valence-corrected chi connectivity index (χ3v) is 17.7. The molecule has 0 bridgehead atoms. The molecule has 1 nitrogen and oxygen atoms in total. The standard InChI is InChI=1S/C39H44OP2/c1-4-34(41(3,35-14-8-5-9-15-35)36-16-10-6-11-17-36)24-20-30(2)31-21-25-38(26-22-31)42(40,37-18-12-7-13-19-37)39-27-23-32-28-33(32)29-39/h5-18,21-23,25-27,29-30,32-34,37H,3-4,19-20,24,28H2,1-2H3/t30?,32?,33-,34?,37?,42?/m1/s1. The van der Waals surface area contributed by atoms with Crippen LogP contribution in [0, 0.1) is 11.8 Å². The van der Waals surface area contributed by atoms with Gasteiger partial charge in [-0.15, -0.1) is 0 Å². The summed E-state index contributed by atoms with van der Waals surface area (Å²) in [5, 5.41) is 4.85. The van der Waals surface area contributed by atoms with Gasteiger partial charge in [0.2, 0.25) is 0 Å². The van der Waals surface area contributed by atoms with Crippen molar-refractivity contribution in [1.82, 2.24) is 0 Å². The molecule has 0 saturated heterocycles. The van der Waals surface area contributed by atoms with Gasteiger partial charge in [-0.05, 0) is 71.7 Å². The van der Waals surface area contributed by atoms with E-state index in [4.69, 9.17) is 6.30 Å². The molecule has 1 saturated carbocycles. The largest absolute Gasteiger partial charge is 0.313 e. The first-order valence-corrected chi connectivity index (χ1v) is 19.5. The average molecular weight is 591 g/mol. The normalized spacial score (nSPS) is 23.9. The van der Waals surface area contributed by atoms with E-state index in [1.54, 1.807) is 0 Å². The van der Waals surface area contributed by atoms with Crippen LogP contribution in [0.25, 0.3) is 0 Å². The van der Waals surface area contributed by atoms with Crippen LogP contribution in [0.3, 0.4) is 0 Å². The van der Waals surface area contributed by atoms with E-state index in [1.807, 2.05) is 0 Å². The lowest BCUT2D eigenvalue weighted by atomic mass is 9.95. The molecule has 0 aromatic heterocycles. The van der Waals surface area contributed by atoms with Crippen LogP contribution in [-0.4, -0.2) is 17.6 Å². The molecule has 216 valence electrons. The van der Waals surface area contributed by atoms with Crippen LogP contribution in [-0.2, 0) is 4.57 Å². The van der Waals surface area contributed by atoms with E-state index in [0.29, 0.717) is 23.4 Å². The Balaban J connectivity index is 1.23. The fraction of sp³-hybridized carbons (Fsp3) is 0.308. The minimum Gasteiger partial charge on any atom is -0.313 e. The summed E-state index contributed by atoms with van der Waals surface area (Å²) in [5.74, 6) is 1.68. The molecule has 3 aromatic carbocycles. The Hall–Kier alpha value is -2.85. The van der Waals surface area contributed by atoms with Crippen LogP contribution in [0.2, 0.25) is 0 Å². The monoisotopic (exact) mass is 590 g/mol. The van der Waals surface area contributed by atoms with Gasteiger partial charge in [-0.2, -0.15) is 0 Å². The zero-order valence-corrected chi connectivity index (χ0v) is 26.8. The van der Waals surface area contributed by atoms with Gasteiger partial charge in [-0.3, -0.25) is 0 Å². The van der Waals surface area contributed by atoms with Gasteiger partial charge in [0, 0.05) is 16.3 Å². The van der Waals surface area contributed by atoms with Crippen molar-refractivity contribution in [2.75, 3.05) is 0 Å². The van der Waals surface area contributed by atoms with Crippen LogP contribution < -0.4 is 15.9 Å². The highest BCUT2D eigenvalue weighted by atomic mass is 31.2. The molecule has 6 rings (SSSR count). The van der Waals surface area contributed by atoms with Crippen LogP contribution in [0.1, 0.15) is 57.4 Å². The topological polar surface area (TPSA) is 17.1 Å². The maximum atomic E-state index is 15.0. The number of rotatable bonds is 11. The highest BCUT2D eigenvalue weighted by Gasteiger charge is 2.42. The molecule has 0 amide bonds. The quantitative estimate of drug-likeness (QED) is 0.203. The maximum absolute atomic E-state index is 15.0. The lowest BCUT2D eigenvalue weighted by Crippen LogP contribution is -2.26. The first-order chi connectivity index (χ1) is 20.4. The summed E-state index contributed by atoms with van der Waals surface area (Å²) in [6, 6.07) is 30.9. The lowest BCUT2D eigenvalue weighted by Gasteiger charge is -2.35. The molecule has 0 heterocycles. The molecule has 1 fully saturated rings. The first kappa shape index (κ1) is 29.2. The molecule has 3 aromatic rings. The van der Waals surface area contributed by atoms with Gasteiger partial charge in [0.15, 0.2) is 0 Å². The lowest BCUT2D eigenvalue weighted by molar-refractivity contribution is 0.580. The van der Waals surface area contributed by atoms with Crippen molar-refractivity contribution >= 4 is 36.2 Å². The summed E-state index contributed by atoms with van der Waals surface area (Å²) in [6.07, 6.45) is 25.7. The van der Waals surface area contributed by atoms with Crippen molar-refractivity contribution in [1.29, 1.82) is 0 Å². The van der Waals surface area contributed by atoms with Crippen molar-refractivity contribution < 1.29 is 4.57 Å². The zero-order chi connectivity index (χ0) is 29.2. The van der Waals surface area contributed by atoms with Crippen LogP contribution in [0.15, 0.2) is 133 Å². The van der Waals surface area contributed by atoms with Gasteiger partial charge >= 0.3 is 0 Å². The van der Waals surface area contributed by atoms with E-state index in [0.717, 1.165) is 36.3 Å². The Morgan fingerprint density at radius 2 is 1.48 bits per heavy atom. The second-order valence-electron chi connectivity index (χ2n) is 12.5. The Morgan fingerprint density at radius 3 is 2.05 bits per heavy atom. The average Bonchev–Trinajstić information content (AvgIpc) is 3.85. The Kier molecular flexibility index (Phi) is 8.63. The fourth-order valence-corrected chi connectivity index (χ4v) is 14.0. The van der Waals surface area contributed by atoms with Gasteiger partial charge in [-0.25, -0.2) is 0 Å². The minimum absolute atomic E-state index is 0.0346. The summed E-state index contributed by atoms with van der Waals surface area (Å²) in [7, 11) is -2.78. The molecule has 0 spiro atoms. The van der Waals surface area contributed by atoms with Crippen LogP contribution >= 0.6 is 14.0 Å². The van der Waals surface area contributed by atoms with Gasteiger partial charge in [-0.1, -0.05) is 154 Å². The summed E-state index contributed by atoms with van der Waals surface area (Å²) < 4.78 is 15.0. The molecule has 42 heavy (non-hydrogen) atoms. The molecule has 6 atom stereocenters. The molecule has 0 radical (unpaired) electrons. The van der Waals surface area contributed by atoms with Crippen molar-refractivity contribution in [3.63, 3.8) is 0 Å². The molecule has 3 aliphatic carbocycles. The Morgan fingerprint density at radius 1 is 0.810 bits per heavy atom. The SMILES string of the molecule is C=P(c1ccccc1)(c1ccccc1)C(CC)CCC(C)c1ccc(P(=O)(C2=C[C@H]3CC3C=C2)C2C=CC=CC2)cc1. The third-order valence-electron chi connectivity index (χ3n) is 9.91.